The van der Waals surface area contributed by atoms with Crippen LogP contribution in [0.3, 0.4) is 0 Å². The second kappa shape index (κ2) is 17.5. The van der Waals surface area contributed by atoms with E-state index in [1.807, 2.05) is 11.9 Å². The molecule has 0 saturated heterocycles. The van der Waals surface area contributed by atoms with Crippen molar-refractivity contribution in [2.75, 3.05) is 40.3 Å². The number of quaternary nitrogens is 1. The van der Waals surface area contributed by atoms with Gasteiger partial charge < -0.3 is 9.38 Å². The van der Waals surface area contributed by atoms with Gasteiger partial charge in [0.1, 0.15) is 0 Å². The smallest absolute Gasteiger partial charge is 0.222 e. The van der Waals surface area contributed by atoms with E-state index < -0.39 is 0 Å². The molecule has 0 aromatic rings. The van der Waals surface area contributed by atoms with Crippen LogP contribution in [-0.2, 0) is 4.79 Å². The number of carbonyl (C=O) groups excluding carboxylic acids is 1. The molecule has 0 aromatic heterocycles. The second-order valence-electron chi connectivity index (χ2n) is 8.78. The van der Waals surface area contributed by atoms with Gasteiger partial charge in [0.2, 0.25) is 5.91 Å². The molecular formula is C24H51N2O+. The standard InChI is InChI=1S/C24H51N2O/c1-6-9-10-11-12-13-14-15-16-17-18-19-20-21-24(27)25(4)22-23-26(5,7-2)8-3/h6-23H2,1-5H3/q+1. The van der Waals surface area contributed by atoms with Crippen LogP contribution in [0, 0.1) is 0 Å². The van der Waals surface area contributed by atoms with Gasteiger partial charge in [0.25, 0.3) is 0 Å². The van der Waals surface area contributed by atoms with Crippen molar-refractivity contribution in [3.05, 3.63) is 0 Å². The summed E-state index contributed by atoms with van der Waals surface area (Å²) in [6.45, 7) is 11.0. The predicted molar refractivity (Wildman–Crippen MR) is 120 cm³/mol. The van der Waals surface area contributed by atoms with Crippen molar-refractivity contribution in [3.8, 4) is 0 Å². The normalized spacial score (nSPS) is 11.7. The Balaban J connectivity index is 3.47. The molecule has 0 fully saturated rings. The first kappa shape index (κ1) is 26.4. The maximum atomic E-state index is 12.3. The van der Waals surface area contributed by atoms with Gasteiger partial charge in [-0.2, -0.15) is 0 Å². The minimum absolute atomic E-state index is 0.330. The highest BCUT2D eigenvalue weighted by Gasteiger charge is 2.18. The summed E-state index contributed by atoms with van der Waals surface area (Å²) in [6, 6.07) is 0. The van der Waals surface area contributed by atoms with Gasteiger partial charge in [0.15, 0.2) is 0 Å². The number of hydrogen-bond acceptors (Lipinski definition) is 1. The third-order valence-corrected chi connectivity index (χ3v) is 6.42. The lowest BCUT2D eigenvalue weighted by Gasteiger charge is -2.33. The fourth-order valence-electron chi connectivity index (χ4n) is 3.54. The van der Waals surface area contributed by atoms with Crippen LogP contribution in [0.15, 0.2) is 0 Å². The van der Waals surface area contributed by atoms with E-state index in [-0.39, 0.29) is 0 Å². The largest absolute Gasteiger partial charge is 0.340 e. The van der Waals surface area contributed by atoms with Gasteiger partial charge in [-0.05, 0) is 20.3 Å². The van der Waals surface area contributed by atoms with E-state index in [1.165, 1.54) is 77.0 Å². The molecule has 3 heteroatoms. The van der Waals surface area contributed by atoms with Crippen molar-refractivity contribution in [1.29, 1.82) is 0 Å². The van der Waals surface area contributed by atoms with Gasteiger partial charge in [0.05, 0.1) is 33.2 Å². The molecule has 0 radical (unpaired) electrons. The lowest BCUT2D eigenvalue weighted by molar-refractivity contribution is -0.905. The summed E-state index contributed by atoms with van der Waals surface area (Å²) >= 11 is 0. The topological polar surface area (TPSA) is 20.3 Å². The molecule has 27 heavy (non-hydrogen) atoms. The highest BCUT2D eigenvalue weighted by Crippen LogP contribution is 2.13. The van der Waals surface area contributed by atoms with Crippen LogP contribution >= 0.6 is 0 Å². The molecule has 0 aromatic carbocycles. The van der Waals surface area contributed by atoms with Crippen molar-refractivity contribution < 1.29 is 9.28 Å². The van der Waals surface area contributed by atoms with E-state index in [2.05, 4.69) is 27.8 Å². The third kappa shape index (κ3) is 15.1. The Labute approximate surface area is 171 Å². The fourth-order valence-corrected chi connectivity index (χ4v) is 3.54. The molecule has 0 heterocycles. The number of carbonyl (C=O) groups is 1. The maximum absolute atomic E-state index is 12.3. The van der Waals surface area contributed by atoms with Crippen LogP contribution in [0.2, 0.25) is 0 Å². The van der Waals surface area contributed by atoms with Gasteiger partial charge in [-0.25, -0.2) is 0 Å². The molecule has 0 saturated carbocycles. The van der Waals surface area contributed by atoms with E-state index in [0.29, 0.717) is 5.91 Å². The molecule has 0 aliphatic rings. The number of hydrogen-bond donors (Lipinski definition) is 0. The number of rotatable bonds is 19. The average Bonchev–Trinajstić information content (AvgIpc) is 2.69. The Bertz CT molecular complexity index is 339. The molecule has 3 nitrogen and oxygen atoms in total. The first-order chi connectivity index (χ1) is 13.0. The molecule has 1 amide bonds. The SMILES string of the molecule is CCCCCCCCCCCCCCCC(=O)N(C)CC[N+](C)(CC)CC. The van der Waals surface area contributed by atoms with Gasteiger partial charge in [-0.3, -0.25) is 4.79 Å². The lowest BCUT2D eigenvalue weighted by Crippen LogP contribution is -2.48. The van der Waals surface area contributed by atoms with Crippen LogP contribution in [0.5, 0.6) is 0 Å². The van der Waals surface area contributed by atoms with Crippen LogP contribution in [0.4, 0.5) is 0 Å². The summed E-state index contributed by atoms with van der Waals surface area (Å²) < 4.78 is 1.05. The fraction of sp³-hybridized carbons (Fsp3) is 0.958. The van der Waals surface area contributed by atoms with Crippen LogP contribution in [0.25, 0.3) is 0 Å². The Kier molecular flexibility index (Phi) is 17.2. The highest BCUT2D eigenvalue weighted by molar-refractivity contribution is 5.75. The Morgan fingerprint density at radius 3 is 1.52 bits per heavy atom. The van der Waals surface area contributed by atoms with Gasteiger partial charge >= 0.3 is 0 Å². The highest BCUT2D eigenvalue weighted by atomic mass is 16.2. The first-order valence-electron chi connectivity index (χ1n) is 12.1. The summed E-state index contributed by atoms with van der Waals surface area (Å²) in [5.41, 5.74) is 0. The molecule has 0 atom stereocenters. The van der Waals surface area contributed by atoms with Gasteiger partial charge in [0, 0.05) is 13.5 Å². The van der Waals surface area contributed by atoms with Gasteiger partial charge in [-0.15, -0.1) is 0 Å². The van der Waals surface area contributed by atoms with E-state index in [9.17, 15) is 4.79 Å². The second-order valence-corrected chi connectivity index (χ2v) is 8.78. The quantitative estimate of drug-likeness (QED) is 0.186. The van der Waals surface area contributed by atoms with Crippen molar-refractivity contribution in [1.82, 2.24) is 4.90 Å². The summed E-state index contributed by atoms with van der Waals surface area (Å²) in [4.78, 5) is 14.2. The minimum Gasteiger partial charge on any atom is -0.340 e. The number of likely N-dealkylation sites (N-methyl/N-ethyl adjacent to an activating group) is 2. The van der Waals surface area contributed by atoms with E-state index >= 15 is 0 Å². The molecule has 0 rings (SSSR count). The zero-order chi connectivity index (χ0) is 20.4. The number of unbranched alkanes of at least 4 members (excludes halogenated alkanes) is 12. The Morgan fingerprint density at radius 2 is 1.11 bits per heavy atom. The maximum Gasteiger partial charge on any atom is 0.222 e. The minimum atomic E-state index is 0.330. The third-order valence-electron chi connectivity index (χ3n) is 6.42. The summed E-state index contributed by atoms with van der Waals surface area (Å²) in [6.07, 6.45) is 18.4. The lowest BCUT2D eigenvalue weighted by atomic mass is 10.0. The number of amides is 1. The Hall–Kier alpha value is -0.570. The van der Waals surface area contributed by atoms with Crippen molar-refractivity contribution in [2.24, 2.45) is 0 Å². The molecule has 0 aliphatic carbocycles. The van der Waals surface area contributed by atoms with Crippen molar-refractivity contribution in [2.45, 2.75) is 111 Å². The molecule has 0 N–H and O–H groups in total. The molecule has 0 aliphatic heterocycles. The number of nitrogens with zero attached hydrogens (tertiary/aromatic N) is 2. The molecule has 0 bridgehead atoms. The van der Waals surface area contributed by atoms with Crippen LogP contribution < -0.4 is 0 Å². The van der Waals surface area contributed by atoms with Crippen molar-refractivity contribution >= 4 is 5.91 Å². The Morgan fingerprint density at radius 1 is 0.704 bits per heavy atom. The zero-order valence-corrected chi connectivity index (χ0v) is 19.5. The van der Waals surface area contributed by atoms with E-state index in [4.69, 9.17) is 0 Å². The molecular weight excluding hydrogens is 332 g/mol. The zero-order valence-electron chi connectivity index (χ0n) is 19.5. The molecule has 0 unspecified atom stereocenters. The monoisotopic (exact) mass is 383 g/mol. The summed E-state index contributed by atoms with van der Waals surface area (Å²) in [5.74, 6) is 0.330. The van der Waals surface area contributed by atoms with Crippen LogP contribution in [0.1, 0.15) is 111 Å². The average molecular weight is 384 g/mol. The first-order valence-corrected chi connectivity index (χ1v) is 12.1. The van der Waals surface area contributed by atoms with E-state index in [0.717, 1.165) is 43.5 Å². The predicted octanol–water partition coefficient (Wildman–Crippen LogP) is 6.41. The van der Waals surface area contributed by atoms with Crippen molar-refractivity contribution in [3.63, 3.8) is 0 Å². The van der Waals surface area contributed by atoms with E-state index in [1.54, 1.807) is 0 Å². The summed E-state index contributed by atoms with van der Waals surface area (Å²) in [7, 11) is 4.25. The van der Waals surface area contributed by atoms with Gasteiger partial charge in [-0.1, -0.05) is 84.0 Å². The molecule has 0 spiro atoms. The summed E-state index contributed by atoms with van der Waals surface area (Å²) in [5, 5.41) is 0. The molecule has 162 valence electrons. The van der Waals surface area contributed by atoms with Crippen LogP contribution in [-0.4, -0.2) is 55.6 Å².